The number of nitro groups is 3. The predicted molar refractivity (Wildman–Crippen MR) is 60.6 cm³/mol. The van der Waals surface area contributed by atoms with Gasteiger partial charge in [0.15, 0.2) is 0 Å². The van der Waals surface area contributed by atoms with Crippen LogP contribution in [-0.2, 0) is 10.4 Å². The number of rotatable bonds is 3. The monoisotopic (exact) mass is 311 g/mol. The Kier molecular flexibility index (Phi) is 5.58. The molecule has 0 aliphatic rings. The lowest BCUT2D eigenvalue weighted by molar-refractivity contribution is -0.441. The summed E-state index contributed by atoms with van der Waals surface area (Å²) in [4.78, 5) is 28.0. The summed E-state index contributed by atoms with van der Waals surface area (Å²) in [6.07, 6.45) is 0. The lowest BCUT2D eigenvalue weighted by atomic mass is 10.2. The van der Waals surface area contributed by atoms with Gasteiger partial charge in [-0.3, -0.25) is 39.4 Å². The zero-order valence-corrected chi connectivity index (χ0v) is 9.96. The van der Waals surface area contributed by atoms with Crippen LogP contribution in [-0.4, -0.2) is 32.3 Å². The fourth-order valence-corrected chi connectivity index (χ4v) is 1.00. The predicted octanol–water partition coefficient (Wildman–Crippen LogP) is 0.758. The normalized spacial score (nSPS) is 10.1. The summed E-state index contributed by atoms with van der Waals surface area (Å²) in [5.41, 5.74) is -2.89. The molecule has 0 aliphatic heterocycles. The maximum Gasteiger partial charge on any atom is 0.422 e. The second kappa shape index (κ2) is 6.45. The van der Waals surface area contributed by atoms with Crippen molar-refractivity contribution < 1.29 is 32.3 Å². The molecule has 0 radical (unpaired) electrons. The Bertz CT molecular complexity index is 613. The van der Waals surface area contributed by atoms with Crippen molar-refractivity contribution in [3.05, 3.63) is 48.5 Å². The van der Waals surface area contributed by atoms with Crippen LogP contribution >= 0.6 is 0 Å². The molecular formula is C6H5N3O10S. The first kappa shape index (κ1) is 17.3. The summed E-state index contributed by atoms with van der Waals surface area (Å²) in [5, 5.41) is 31.2. The lowest BCUT2D eigenvalue weighted by Gasteiger charge is -1.95. The van der Waals surface area contributed by atoms with E-state index in [1.807, 2.05) is 0 Å². The number of nitro benzene ring substituents is 3. The van der Waals surface area contributed by atoms with Gasteiger partial charge >= 0.3 is 27.5 Å². The summed E-state index contributed by atoms with van der Waals surface area (Å²) in [7, 11) is -4.67. The Labute approximate surface area is 109 Å². The topological polar surface area (TPSA) is 204 Å². The molecule has 110 valence electrons. The molecule has 0 aromatic heterocycles. The molecular weight excluding hydrogens is 306 g/mol. The van der Waals surface area contributed by atoms with Crippen LogP contribution in [0.3, 0.4) is 0 Å². The van der Waals surface area contributed by atoms with E-state index < -0.39 is 42.2 Å². The molecule has 0 unspecified atom stereocenters. The molecule has 1 rings (SSSR count). The summed E-state index contributed by atoms with van der Waals surface area (Å²) in [6, 6.07) is 2.69. The minimum atomic E-state index is -4.67. The van der Waals surface area contributed by atoms with E-state index in [1.165, 1.54) is 0 Å². The number of nitrogens with zero attached hydrogens (tertiary/aromatic N) is 3. The zero-order chi connectivity index (χ0) is 16.1. The van der Waals surface area contributed by atoms with Crippen molar-refractivity contribution in [3.8, 4) is 0 Å². The third-order valence-electron chi connectivity index (χ3n) is 1.57. The smallest absolute Gasteiger partial charge is 0.264 e. The van der Waals surface area contributed by atoms with Gasteiger partial charge in [-0.1, -0.05) is 0 Å². The van der Waals surface area contributed by atoms with E-state index >= 15 is 0 Å². The molecule has 0 saturated heterocycles. The van der Waals surface area contributed by atoms with Crippen LogP contribution in [0.15, 0.2) is 18.2 Å². The maximum absolute atomic E-state index is 10.4. The van der Waals surface area contributed by atoms with Crippen LogP contribution in [0.25, 0.3) is 0 Å². The summed E-state index contributed by atoms with van der Waals surface area (Å²) < 4.78 is 31.6. The average molecular weight is 311 g/mol. The molecule has 0 atom stereocenters. The number of benzene rings is 1. The van der Waals surface area contributed by atoms with Crippen LogP contribution in [0.2, 0.25) is 0 Å². The van der Waals surface area contributed by atoms with Gasteiger partial charge < -0.3 is 0 Å². The Morgan fingerprint density at radius 1 is 0.850 bits per heavy atom. The van der Waals surface area contributed by atoms with Gasteiger partial charge in [-0.15, -0.1) is 0 Å². The van der Waals surface area contributed by atoms with Crippen molar-refractivity contribution >= 4 is 27.5 Å². The maximum atomic E-state index is 10.4. The molecule has 0 amide bonds. The van der Waals surface area contributed by atoms with Gasteiger partial charge in [-0.05, 0) is 6.07 Å². The van der Waals surface area contributed by atoms with E-state index in [0.717, 1.165) is 18.2 Å². The van der Waals surface area contributed by atoms with Crippen molar-refractivity contribution in [2.75, 3.05) is 0 Å². The van der Waals surface area contributed by atoms with Crippen molar-refractivity contribution in [2.24, 2.45) is 0 Å². The molecule has 0 spiro atoms. The number of hydrogen-bond donors (Lipinski definition) is 2. The van der Waals surface area contributed by atoms with E-state index in [1.54, 1.807) is 0 Å². The SMILES string of the molecule is O=S(=O)(O)O.O=[N+]([O-])c1cccc([N+](=O)[O-])c1[N+](=O)[O-]. The van der Waals surface area contributed by atoms with E-state index in [9.17, 15) is 30.3 Å². The Balaban J connectivity index is 0.000000621. The van der Waals surface area contributed by atoms with Crippen LogP contribution in [0.4, 0.5) is 17.1 Å². The molecule has 14 heteroatoms. The molecule has 1 aromatic rings. The highest BCUT2D eigenvalue weighted by molar-refractivity contribution is 7.79. The molecule has 1 aromatic carbocycles. The third-order valence-corrected chi connectivity index (χ3v) is 1.57. The van der Waals surface area contributed by atoms with Gasteiger partial charge in [0.05, 0.1) is 14.8 Å². The van der Waals surface area contributed by atoms with Gasteiger partial charge in [0, 0.05) is 12.1 Å². The summed E-state index contributed by atoms with van der Waals surface area (Å²) >= 11 is 0. The highest BCUT2D eigenvalue weighted by atomic mass is 32.3. The van der Waals surface area contributed by atoms with Crippen molar-refractivity contribution in [2.45, 2.75) is 0 Å². The lowest BCUT2D eigenvalue weighted by Crippen LogP contribution is -2.00. The zero-order valence-electron chi connectivity index (χ0n) is 9.14. The minimum Gasteiger partial charge on any atom is -0.264 e. The summed E-state index contributed by atoms with van der Waals surface area (Å²) in [5.74, 6) is 0. The molecule has 13 nitrogen and oxygen atoms in total. The fraction of sp³-hybridized carbons (Fsp3) is 0. The fourth-order valence-electron chi connectivity index (χ4n) is 1.00. The minimum absolute atomic E-state index is 0.838. The van der Waals surface area contributed by atoms with Gasteiger partial charge in [-0.25, -0.2) is 0 Å². The van der Waals surface area contributed by atoms with Gasteiger partial charge in [0.1, 0.15) is 0 Å². The molecule has 0 bridgehead atoms. The van der Waals surface area contributed by atoms with E-state index in [0.29, 0.717) is 0 Å². The van der Waals surface area contributed by atoms with Crippen LogP contribution in [0.5, 0.6) is 0 Å². The Morgan fingerprint density at radius 3 is 1.35 bits per heavy atom. The van der Waals surface area contributed by atoms with E-state index in [2.05, 4.69) is 0 Å². The quantitative estimate of drug-likeness (QED) is 0.455. The van der Waals surface area contributed by atoms with Gasteiger partial charge in [0.2, 0.25) is 0 Å². The molecule has 0 saturated carbocycles. The largest absolute Gasteiger partial charge is 0.422 e. The van der Waals surface area contributed by atoms with Gasteiger partial charge in [0.25, 0.3) is 0 Å². The first-order chi connectivity index (χ1) is 8.95. The first-order valence-corrected chi connectivity index (χ1v) is 5.61. The number of hydrogen-bond acceptors (Lipinski definition) is 8. The Morgan fingerprint density at radius 2 is 1.15 bits per heavy atom. The van der Waals surface area contributed by atoms with Crippen molar-refractivity contribution in [1.29, 1.82) is 0 Å². The molecule has 2 N–H and O–H groups in total. The first-order valence-electron chi connectivity index (χ1n) is 4.21. The highest BCUT2D eigenvalue weighted by Crippen LogP contribution is 2.35. The van der Waals surface area contributed by atoms with Crippen molar-refractivity contribution in [3.63, 3.8) is 0 Å². The average Bonchev–Trinajstić information content (AvgIpc) is 2.25. The molecule has 0 heterocycles. The second-order valence-corrected chi connectivity index (χ2v) is 3.76. The standard InChI is InChI=1S/C6H3N3O6.H2O4S/c10-7(11)4-2-1-3-5(8(12)13)6(4)9(14)15;1-5(2,3)4/h1-3H;(H2,1,2,3,4). The molecule has 0 aliphatic carbocycles. The van der Waals surface area contributed by atoms with Crippen LogP contribution in [0, 0.1) is 30.3 Å². The van der Waals surface area contributed by atoms with Crippen molar-refractivity contribution in [1.82, 2.24) is 0 Å². The summed E-state index contributed by atoms with van der Waals surface area (Å²) in [6.45, 7) is 0. The molecule has 20 heavy (non-hydrogen) atoms. The van der Waals surface area contributed by atoms with Gasteiger partial charge in [-0.2, -0.15) is 8.42 Å². The van der Waals surface area contributed by atoms with E-state index in [-0.39, 0.29) is 0 Å². The highest BCUT2D eigenvalue weighted by Gasteiger charge is 2.34. The van der Waals surface area contributed by atoms with Crippen LogP contribution in [0.1, 0.15) is 0 Å². The molecule has 0 fully saturated rings. The van der Waals surface area contributed by atoms with E-state index in [4.69, 9.17) is 17.5 Å². The third kappa shape index (κ3) is 5.76. The van der Waals surface area contributed by atoms with Crippen LogP contribution < -0.4 is 0 Å². The number of para-hydroxylation sites is 1. The second-order valence-electron chi connectivity index (χ2n) is 2.86. The Hall–Kier alpha value is -2.71.